The summed E-state index contributed by atoms with van der Waals surface area (Å²) in [6, 6.07) is 12.6. The number of carbonyl (C=O) groups is 2. The fourth-order valence-corrected chi connectivity index (χ4v) is 4.07. The molecule has 0 N–H and O–H groups in total. The Morgan fingerprint density at radius 2 is 2.10 bits per heavy atom. The summed E-state index contributed by atoms with van der Waals surface area (Å²) in [5.41, 5.74) is 3.14. The lowest BCUT2D eigenvalue weighted by atomic mass is 10.1. The van der Waals surface area contributed by atoms with Gasteiger partial charge >= 0.3 is 5.97 Å². The van der Waals surface area contributed by atoms with E-state index in [1.54, 1.807) is 29.7 Å². The molecule has 1 aliphatic heterocycles. The van der Waals surface area contributed by atoms with Crippen LogP contribution in [0.15, 0.2) is 63.6 Å². The molecule has 7 heteroatoms. The zero-order valence-electron chi connectivity index (χ0n) is 16.1. The number of hydrogen-bond donors (Lipinski definition) is 0. The summed E-state index contributed by atoms with van der Waals surface area (Å²) in [5.74, 6) is -0.266. The monoisotopic (exact) mass is 408 g/mol. The highest BCUT2D eigenvalue weighted by Gasteiger charge is 2.35. The predicted octanol–water partition coefficient (Wildman–Crippen LogP) is 4.49. The number of carbonyl (C=O) groups excluding carboxylic acids is 2. The van der Waals surface area contributed by atoms with Gasteiger partial charge in [0.05, 0.1) is 22.4 Å². The van der Waals surface area contributed by atoms with Crippen LogP contribution < -0.4 is 0 Å². The number of ether oxygens (including phenoxy) is 1. The summed E-state index contributed by atoms with van der Waals surface area (Å²) in [4.78, 5) is 26.3. The van der Waals surface area contributed by atoms with E-state index in [0.717, 1.165) is 21.7 Å². The van der Waals surface area contributed by atoms with Crippen molar-refractivity contribution in [3.63, 3.8) is 0 Å². The van der Waals surface area contributed by atoms with Crippen molar-refractivity contribution in [2.24, 2.45) is 5.10 Å². The van der Waals surface area contributed by atoms with Gasteiger partial charge in [0.2, 0.25) is 0 Å². The van der Waals surface area contributed by atoms with Gasteiger partial charge in [-0.2, -0.15) is 5.10 Å². The van der Waals surface area contributed by atoms with Gasteiger partial charge in [-0.05, 0) is 49.1 Å². The van der Waals surface area contributed by atoms with Gasteiger partial charge in [-0.1, -0.05) is 23.8 Å². The molecule has 1 aromatic carbocycles. The molecular formula is C22H20N2O4S. The molecular weight excluding hydrogens is 388 g/mol. The highest BCUT2D eigenvalue weighted by atomic mass is 32.1. The summed E-state index contributed by atoms with van der Waals surface area (Å²) < 4.78 is 10.8. The highest BCUT2D eigenvalue weighted by Crippen LogP contribution is 2.34. The van der Waals surface area contributed by atoms with Crippen LogP contribution in [0, 0.1) is 13.8 Å². The van der Waals surface area contributed by atoms with Crippen LogP contribution in [0.1, 0.15) is 44.6 Å². The molecule has 0 aliphatic carbocycles. The topological polar surface area (TPSA) is 72.1 Å². The van der Waals surface area contributed by atoms with E-state index in [-0.39, 0.29) is 12.6 Å². The molecule has 0 bridgehead atoms. The molecule has 29 heavy (non-hydrogen) atoms. The first-order valence-corrected chi connectivity index (χ1v) is 10.1. The van der Waals surface area contributed by atoms with Crippen LogP contribution in [0.2, 0.25) is 0 Å². The fraction of sp³-hybridized carbons (Fsp3) is 0.227. The molecule has 0 fully saturated rings. The van der Waals surface area contributed by atoms with E-state index in [0.29, 0.717) is 17.7 Å². The van der Waals surface area contributed by atoms with Crippen LogP contribution >= 0.6 is 11.3 Å². The number of hydrogen-bond acceptors (Lipinski definition) is 6. The maximum absolute atomic E-state index is 12.8. The maximum Gasteiger partial charge on any atom is 0.338 e. The second kappa shape index (κ2) is 8.05. The Bertz CT molecular complexity index is 1050. The molecule has 0 saturated heterocycles. The fourth-order valence-electron chi connectivity index (χ4n) is 3.35. The van der Waals surface area contributed by atoms with Gasteiger partial charge in [0, 0.05) is 6.42 Å². The minimum atomic E-state index is -0.521. The van der Waals surface area contributed by atoms with Crippen LogP contribution in [0.3, 0.4) is 0 Å². The van der Waals surface area contributed by atoms with Crippen molar-refractivity contribution in [1.29, 1.82) is 0 Å². The molecule has 1 aliphatic rings. The number of benzene rings is 1. The van der Waals surface area contributed by atoms with Crippen LogP contribution in [0.5, 0.6) is 0 Å². The van der Waals surface area contributed by atoms with Crippen molar-refractivity contribution in [3.05, 3.63) is 81.4 Å². The number of rotatable bonds is 5. The number of thiophene rings is 1. The molecule has 3 aromatic rings. The second-order valence-electron chi connectivity index (χ2n) is 6.89. The molecule has 1 amide bonds. The van der Waals surface area contributed by atoms with Crippen molar-refractivity contribution in [2.75, 3.05) is 6.61 Å². The Hall–Kier alpha value is -3.19. The van der Waals surface area contributed by atoms with Gasteiger partial charge in [-0.3, -0.25) is 4.79 Å². The summed E-state index contributed by atoms with van der Waals surface area (Å²) in [6.45, 7) is 3.41. The van der Waals surface area contributed by atoms with E-state index in [1.165, 1.54) is 5.01 Å². The Morgan fingerprint density at radius 3 is 2.79 bits per heavy atom. The predicted molar refractivity (Wildman–Crippen MR) is 110 cm³/mol. The zero-order valence-corrected chi connectivity index (χ0v) is 16.9. The summed E-state index contributed by atoms with van der Waals surface area (Å²) in [7, 11) is 0. The van der Waals surface area contributed by atoms with Crippen LogP contribution in [-0.2, 0) is 9.53 Å². The van der Waals surface area contributed by atoms with Crippen molar-refractivity contribution in [2.45, 2.75) is 26.3 Å². The Kier molecular flexibility index (Phi) is 5.31. The van der Waals surface area contributed by atoms with E-state index >= 15 is 0 Å². The van der Waals surface area contributed by atoms with E-state index in [2.05, 4.69) is 5.10 Å². The molecule has 6 nitrogen and oxygen atoms in total. The van der Waals surface area contributed by atoms with Gasteiger partial charge in [0.15, 0.2) is 6.61 Å². The normalized spacial score (nSPS) is 16.0. The maximum atomic E-state index is 12.8. The average Bonchev–Trinajstić information content (AvgIpc) is 3.46. The second-order valence-corrected chi connectivity index (χ2v) is 7.84. The molecule has 0 spiro atoms. The number of amides is 1. The molecule has 2 aromatic heterocycles. The van der Waals surface area contributed by atoms with Crippen molar-refractivity contribution >= 4 is 28.9 Å². The van der Waals surface area contributed by atoms with Crippen LogP contribution in [0.25, 0.3) is 0 Å². The molecule has 1 unspecified atom stereocenters. The zero-order chi connectivity index (χ0) is 20.4. The summed E-state index contributed by atoms with van der Waals surface area (Å²) in [6.07, 6.45) is 2.12. The van der Waals surface area contributed by atoms with E-state index in [1.807, 2.05) is 49.6 Å². The molecule has 0 saturated carbocycles. The molecule has 148 valence electrons. The van der Waals surface area contributed by atoms with Gasteiger partial charge in [0.1, 0.15) is 11.8 Å². The SMILES string of the molecule is Cc1ccc(C(=O)OCC(=O)N2N=C(c3cccs3)CC2c2ccco2)c(C)c1. The minimum absolute atomic E-state index is 0.352. The molecule has 1 atom stereocenters. The first-order chi connectivity index (χ1) is 14.0. The largest absolute Gasteiger partial charge is 0.467 e. The standard InChI is InChI=1S/C22H20N2O4S/c1-14-7-8-16(15(2)11-14)22(26)28-13-21(25)24-18(19-5-3-9-27-19)12-17(23-24)20-6-4-10-29-20/h3-11,18H,12-13H2,1-2H3. The summed E-state index contributed by atoms with van der Waals surface area (Å²) in [5, 5.41) is 7.84. The number of hydrazone groups is 1. The Morgan fingerprint density at radius 1 is 1.24 bits per heavy atom. The third-order valence-corrected chi connectivity index (χ3v) is 5.69. The van der Waals surface area contributed by atoms with Gasteiger partial charge in [-0.25, -0.2) is 9.80 Å². The first-order valence-electron chi connectivity index (χ1n) is 9.24. The molecule has 4 rings (SSSR count). The lowest BCUT2D eigenvalue weighted by molar-refractivity contribution is -0.136. The number of esters is 1. The lowest BCUT2D eigenvalue weighted by Crippen LogP contribution is -2.31. The van der Waals surface area contributed by atoms with E-state index in [4.69, 9.17) is 9.15 Å². The van der Waals surface area contributed by atoms with Gasteiger partial charge in [0.25, 0.3) is 5.91 Å². The third kappa shape index (κ3) is 4.00. The van der Waals surface area contributed by atoms with Crippen molar-refractivity contribution in [3.8, 4) is 0 Å². The van der Waals surface area contributed by atoms with E-state index in [9.17, 15) is 9.59 Å². The van der Waals surface area contributed by atoms with Crippen molar-refractivity contribution in [1.82, 2.24) is 5.01 Å². The Balaban J connectivity index is 1.50. The number of aryl methyl sites for hydroxylation is 2. The quantitative estimate of drug-likeness (QED) is 0.583. The van der Waals surface area contributed by atoms with Gasteiger partial charge in [-0.15, -0.1) is 11.3 Å². The smallest absolute Gasteiger partial charge is 0.338 e. The van der Waals surface area contributed by atoms with Crippen LogP contribution in [-0.4, -0.2) is 29.2 Å². The molecule has 0 radical (unpaired) electrons. The number of nitrogens with zero attached hydrogens (tertiary/aromatic N) is 2. The summed E-state index contributed by atoms with van der Waals surface area (Å²) >= 11 is 1.57. The third-order valence-electron chi connectivity index (χ3n) is 4.77. The first kappa shape index (κ1) is 19.1. The average molecular weight is 408 g/mol. The highest BCUT2D eigenvalue weighted by molar-refractivity contribution is 7.12. The minimum Gasteiger partial charge on any atom is -0.467 e. The van der Waals surface area contributed by atoms with E-state index < -0.39 is 11.9 Å². The van der Waals surface area contributed by atoms with Crippen molar-refractivity contribution < 1.29 is 18.7 Å². The van der Waals surface area contributed by atoms with Crippen LogP contribution in [0.4, 0.5) is 0 Å². The molecule has 3 heterocycles. The van der Waals surface area contributed by atoms with Gasteiger partial charge < -0.3 is 9.15 Å². The number of furan rings is 1. The Labute approximate surface area is 172 Å². The lowest BCUT2D eigenvalue weighted by Gasteiger charge is -2.19.